The molecule has 3 rings (SSSR count). The number of ketones is 1. The number of aryl methyl sites for hydroxylation is 1. The maximum absolute atomic E-state index is 12.8. The van der Waals surface area contributed by atoms with Crippen molar-refractivity contribution in [3.63, 3.8) is 0 Å². The van der Waals surface area contributed by atoms with E-state index in [-0.39, 0.29) is 16.8 Å². The Kier molecular flexibility index (Phi) is 5.77. The first-order valence-corrected chi connectivity index (χ1v) is 9.51. The zero-order valence-electron chi connectivity index (χ0n) is 16.3. The van der Waals surface area contributed by atoms with Gasteiger partial charge in [-0.05, 0) is 24.0 Å². The minimum atomic E-state index is -0.785. The lowest BCUT2D eigenvalue weighted by Gasteiger charge is -2.25. The Labute approximate surface area is 168 Å². The van der Waals surface area contributed by atoms with E-state index in [4.69, 9.17) is 0 Å². The van der Waals surface area contributed by atoms with Crippen LogP contribution in [0.1, 0.15) is 43.0 Å². The molecule has 0 aliphatic carbocycles. The SMILES string of the molecule is CCCN1C(=O)C(=O)/C(=C(\O)c2cccc([N+](=O)[O-])c2)C1c1ccc(CC)cc1. The Balaban J connectivity index is 2.18. The van der Waals surface area contributed by atoms with Crippen molar-refractivity contribution in [1.29, 1.82) is 0 Å². The normalized spacial score (nSPS) is 18.3. The summed E-state index contributed by atoms with van der Waals surface area (Å²) in [6.07, 6.45) is 1.50. The molecule has 0 spiro atoms. The smallest absolute Gasteiger partial charge is 0.295 e. The lowest BCUT2D eigenvalue weighted by molar-refractivity contribution is -0.384. The Morgan fingerprint density at radius 3 is 2.41 bits per heavy atom. The second kappa shape index (κ2) is 8.26. The molecule has 1 N–H and O–H groups in total. The van der Waals surface area contributed by atoms with Crippen LogP contribution in [0.5, 0.6) is 0 Å². The standard InChI is InChI=1S/C22H22N2O5/c1-3-12-23-19(15-10-8-14(4-2)9-11-15)18(21(26)22(23)27)20(25)16-6-5-7-17(13-16)24(28)29/h5-11,13,19,25H,3-4,12H2,1-2H3/b20-18-. The Bertz CT molecular complexity index is 995. The summed E-state index contributed by atoms with van der Waals surface area (Å²) in [5.74, 6) is -1.87. The van der Waals surface area contributed by atoms with Gasteiger partial charge in [0, 0.05) is 24.2 Å². The average molecular weight is 394 g/mol. The van der Waals surface area contributed by atoms with Crippen LogP contribution in [0.3, 0.4) is 0 Å². The van der Waals surface area contributed by atoms with E-state index in [2.05, 4.69) is 0 Å². The topological polar surface area (TPSA) is 101 Å². The minimum absolute atomic E-state index is 0.0480. The van der Waals surface area contributed by atoms with E-state index in [0.29, 0.717) is 18.5 Å². The van der Waals surface area contributed by atoms with E-state index >= 15 is 0 Å². The third-order valence-corrected chi connectivity index (χ3v) is 5.04. The molecule has 0 aromatic heterocycles. The van der Waals surface area contributed by atoms with E-state index < -0.39 is 28.4 Å². The van der Waals surface area contributed by atoms with Gasteiger partial charge in [0.05, 0.1) is 16.5 Å². The van der Waals surface area contributed by atoms with Crippen molar-refractivity contribution in [3.05, 3.63) is 80.9 Å². The fourth-order valence-electron chi connectivity index (χ4n) is 3.56. The number of nitro groups is 1. The number of nitro benzene ring substituents is 1. The highest BCUT2D eigenvalue weighted by Gasteiger charge is 2.45. The molecule has 0 radical (unpaired) electrons. The molecule has 1 aliphatic heterocycles. The van der Waals surface area contributed by atoms with Crippen molar-refractivity contribution in [2.24, 2.45) is 0 Å². The molecule has 29 heavy (non-hydrogen) atoms. The largest absolute Gasteiger partial charge is 0.507 e. The van der Waals surface area contributed by atoms with Crippen LogP contribution < -0.4 is 0 Å². The molecule has 7 nitrogen and oxygen atoms in total. The number of Topliss-reactive ketones (excluding diaryl/α,β-unsaturated/α-hetero) is 1. The molecular formula is C22H22N2O5. The molecule has 1 aliphatic rings. The third-order valence-electron chi connectivity index (χ3n) is 5.04. The van der Waals surface area contributed by atoms with Crippen molar-refractivity contribution in [3.8, 4) is 0 Å². The summed E-state index contributed by atoms with van der Waals surface area (Å²) >= 11 is 0. The minimum Gasteiger partial charge on any atom is -0.507 e. The third kappa shape index (κ3) is 3.76. The van der Waals surface area contributed by atoms with Crippen LogP contribution >= 0.6 is 0 Å². The molecule has 1 heterocycles. The van der Waals surface area contributed by atoms with Crippen LogP contribution in [-0.2, 0) is 16.0 Å². The number of aliphatic hydroxyl groups excluding tert-OH is 1. The molecule has 1 amide bonds. The van der Waals surface area contributed by atoms with E-state index in [1.807, 2.05) is 38.1 Å². The first kappa shape index (κ1) is 20.3. The van der Waals surface area contributed by atoms with Gasteiger partial charge < -0.3 is 10.0 Å². The van der Waals surface area contributed by atoms with Crippen molar-refractivity contribution in [1.82, 2.24) is 4.90 Å². The summed E-state index contributed by atoms with van der Waals surface area (Å²) in [4.78, 5) is 37.4. The van der Waals surface area contributed by atoms with Gasteiger partial charge in [0.1, 0.15) is 5.76 Å². The number of non-ortho nitro benzene ring substituents is 1. The summed E-state index contributed by atoms with van der Waals surface area (Å²) < 4.78 is 0. The summed E-state index contributed by atoms with van der Waals surface area (Å²) in [6, 6.07) is 12.2. The zero-order valence-corrected chi connectivity index (χ0v) is 16.3. The first-order valence-electron chi connectivity index (χ1n) is 9.51. The predicted octanol–water partition coefficient (Wildman–Crippen LogP) is 3.99. The molecule has 0 saturated carbocycles. The summed E-state index contributed by atoms with van der Waals surface area (Å²) in [7, 11) is 0. The predicted molar refractivity (Wildman–Crippen MR) is 108 cm³/mol. The van der Waals surface area contributed by atoms with Gasteiger partial charge in [-0.25, -0.2) is 0 Å². The van der Waals surface area contributed by atoms with Crippen LogP contribution in [0.25, 0.3) is 5.76 Å². The van der Waals surface area contributed by atoms with Gasteiger partial charge in [-0.15, -0.1) is 0 Å². The average Bonchev–Trinajstić information content (AvgIpc) is 2.98. The van der Waals surface area contributed by atoms with Crippen molar-refractivity contribution in [2.75, 3.05) is 6.54 Å². The molecule has 0 bridgehead atoms. The van der Waals surface area contributed by atoms with Gasteiger partial charge in [-0.2, -0.15) is 0 Å². The second-order valence-corrected chi connectivity index (χ2v) is 6.90. The number of nitrogens with zero attached hydrogens (tertiary/aromatic N) is 2. The van der Waals surface area contributed by atoms with Gasteiger partial charge >= 0.3 is 0 Å². The Morgan fingerprint density at radius 2 is 1.83 bits per heavy atom. The molecule has 150 valence electrons. The van der Waals surface area contributed by atoms with Gasteiger partial charge in [-0.3, -0.25) is 19.7 Å². The molecule has 1 fully saturated rings. The van der Waals surface area contributed by atoms with E-state index in [0.717, 1.165) is 12.0 Å². The van der Waals surface area contributed by atoms with Crippen LogP contribution in [-0.4, -0.2) is 33.2 Å². The number of benzene rings is 2. The number of amides is 1. The highest BCUT2D eigenvalue weighted by atomic mass is 16.6. The van der Waals surface area contributed by atoms with Crippen LogP contribution in [0.15, 0.2) is 54.1 Å². The molecule has 1 atom stereocenters. The number of carbonyl (C=O) groups excluding carboxylic acids is 2. The fourth-order valence-corrected chi connectivity index (χ4v) is 3.56. The molecular weight excluding hydrogens is 372 g/mol. The Morgan fingerprint density at radius 1 is 1.14 bits per heavy atom. The number of hydrogen-bond acceptors (Lipinski definition) is 5. The second-order valence-electron chi connectivity index (χ2n) is 6.90. The van der Waals surface area contributed by atoms with Gasteiger partial charge in [-0.1, -0.05) is 50.2 Å². The molecule has 1 saturated heterocycles. The number of likely N-dealkylation sites (tertiary alicyclic amines) is 1. The van der Waals surface area contributed by atoms with Gasteiger partial charge in [0.15, 0.2) is 0 Å². The maximum atomic E-state index is 12.8. The monoisotopic (exact) mass is 394 g/mol. The highest BCUT2D eigenvalue weighted by molar-refractivity contribution is 6.46. The molecule has 1 unspecified atom stereocenters. The number of aliphatic hydroxyl groups is 1. The quantitative estimate of drug-likeness (QED) is 0.262. The van der Waals surface area contributed by atoms with E-state index in [1.165, 1.54) is 29.2 Å². The van der Waals surface area contributed by atoms with Crippen LogP contribution in [0.4, 0.5) is 5.69 Å². The van der Waals surface area contributed by atoms with Crippen LogP contribution in [0, 0.1) is 10.1 Å². The van der Waals surface area contributed by atoms with Gasteiger partial charge in [0.25, 0.3) is 17.4 Å². The molecule has 2 aromatic carbocycles. The number of hydrogen-bond donors (Lipinski definition) is 1. The van der Waals surface area contributed by atoms with Crippen molar-refractivity contribution >= 4 is 23.1 Å². The van der Waals surface area contributed by atoms with E-state index in [9.17, 15) is 24.8 Å². The number of carbonyl (C=O) groups is 2. The maximum Gasteiger partial charge on any atom is 0.295 e. The summed E-state index contributed by atoms with van der Waals surface area (Å²) in [5.41, 5.74) is 1.69. The van der Waals surface area contributed by atoms with Gasteiger partial charge in [0.2, 0.25) is 0 Å². The fraction of sp³-hybridized carbons (Fsp3) is 0.273. The lowest BCUT2D eigenvalue weighted by Crippen LogP contribution is -2.30. The number of rotatable bonds is 6. The lowest BCUT2D eigenvalue weighted by atomic mass is 9.94. The zero-order chi connectivity index (χ0) is 21.1. The summed E-state index contributed by atoms with van der Waals surface area (Å²) in [6.45, 7) is 4.29. The first-order chi connectivity index (χ1) is 13.9. The summed E-state index contributed by atoms with van der Waals surface area (Å²) in [5, 5.41) is 22.0. The molecule has 2 aromatic rings. The molecule has 7 heteroatoms. The van der Waals surface area contributed by atoms with E-state index in [1.54, 1.807) is 0 Å². The van der Waals surface area contributed by atoms with Crippen molar-refractivity contribution < 1.29 is 19.6 Å². The Hall–Kier alpha value is -3.48. The van der Waals surface area contributed by atoms with Crippen LogP contribution in [0.2, 0.25) is 0 Å². The van der Waals surface area contributed by atoms with Crippen molar-refractivity contribution in [2.45, 2.75) is 32.7 Å². The highest BCUT2D eigenvalue weighted by Crippen LogP contribution is 2.39.